The van der Waals surface area contributed by atoms with Gasteiger partial charge in [-0.25, -0.2) is 18.7 Å². The van der Waals surface area contributed by atoms with E-state index in [0.29, 0.717) is 61.9 Å². The molecular formula is C33H46F5N7O. The fourth-order valence-corrected chi connectivity index (χ4v) is 6.10. The van der Waals surface area contributed by atoms with Gasteiger partial charge in [0.15, 0.2) is 5.82 Å². The minimum atomic E-state index is -4.99. The monoisotopic (exact) mass is 651 g/mol. The SMILES string of the molecule is CC.CCCc1nc(-c2cc(N)c(F)c(C)c2C(F)(F)F)c(F)c2nc(NCC34COC(C3)C4)nc(NCCNCCC(C)C)c12. The largest absolute Gasteiger partial charge is 0.417 e. The normalized spacial score (nSPS) is 18.8. The van der Waals surface area contributed by atoms with Crippen LogP contribution >= 0.6 is 0 Å². The molecule has 6 rings (SSSR count). The smallest absolute Gasteiger partial charge is 0.396 e. The summed E-state index contributed by atoms with van der Waals surface area (Å²) in [5.41, 5.74) is 2.06. The molecular weight excluding hydrogens is 605 g/mol. The molecule has 1 aliphatic carbocycles. The zero-order chi connectivity index (χ0) is 33.8. The van der Waals surface area contributed by atoms with E-state index in [1.165, 1.54) is 0 Å². The second kappa shape index (κ2) is 14.6. The highest BCUT2D eigenvalue weighted by Gasteiger charge is 2.51. The van der Waals surface area contributed by atoms with Gasteiger partial charge in [-0.3, -0.25) is 0 Å². The molecule has 3 aromatic rings. The molecule has 0 atom stereocenters. The number of alkyl halides is 3. The van der Waals surface area contributed by atoms with Gasteiger partial charge in [-0.05, 0) is 56.7 Å². The third-order valence-corrected chi connectivity index (χ3v) is 8.47. The van der Waals surface area contributed by atoms with Crippen LogP contribution in [0.5, 0.6) is 0 Å². The van der Waals surface area contributed by atoms with Crippen LogP contribution in [0.25, 0.3) is 22.2 Å². The predicted octanol–water partition coefficient (Wildman–Crippen LogP) is 7.50. The van der Waals surface area contributed by atoms with E-state index < -0.39 is 45.9 Å². The van der Waals surface area contributed by atoms with Gasteiger partial charge in [0.25, 0.3) is 0 Å². The fraction of sp³-hybridized carbons (Fsp3) is 0.606. The maximum absolute atomic E-state index is 16.5. The molecule has 2 aromatic heterocycles. The van der Waals surface area contributed by atoms with Crippen molar-refractivity contribution in [1.29, 1.82) is 0 Å². The van der Waals surface area contributed by atoms with Crippen LogP contribution in [-0.2, 0) is 17.3 Å². The average molecular weight is 652 g/mol. The van der Waals surface area contributed by atoms with Crippen LogP contribution in [0.3, 0.4) is 0 Å². The molecule has 0 amide bonds. The molecule has 1 saturated carbocycles. The van der Waals surface area contributed by atoms with Gasteiger partial charge in [0, 0.05) is 30.6 Å². The van der Waals surface area contributed by atoms with Crippen LogP contribution in [0.4, 0.5) is 39.4 Å². The van der Waals surface area contributed by atoms with Crippen molar-refractivity contribution >= 4 is 28.4 Å². The van der Waals surface area contributed by atoms with Crippen molar-refractivity contribution in [1.82, 2.24) is 20.3 Å². The summed E-state index contributed by atoms with van der Waals surface area (Å²) in [5, 5.41) is 10.2. The molecule has 4 heterocycles. The summed E-state index contributed by atoms with van der Waals surface area (Å²) in [6.45, 7) is 14.2. The Bertz CT molecular complexity index is 1520. The highest BCUT2D eigenvalue weighted by Crippen LogP contribution is 2.50. The number of pyridine rings is 1. The first-order valence-corrected chi connectivity index (χ1v) is 16.2. The van der Waals surface area contributed by atoms with Crippen molar-refractivity contribution in [2.24, 2.45) is 11.3 Å². The third-order valence-electron chi connectivity index (χ3n) is 8.47. The fourth-order valence-electron chi connectivity index (χ4n) is 6.10. The Morgan fingerprint density at radius 3 is 2.37 bits per heavy atom. The van der Waals surface area contributed by atoms with Crippen molar-refractivity contribution in [3.8, 4) is 11.3 Å². The van der Waals surface area contributed by atoms with Gasteiger partial charge in [0.1, 0.15) is 22.8 Å². The van der Waals surface area contributed by atoms with E-state index in [9.17, 15) is 17.6 Å². The summed E-state index contributed by atoms with van der Waals surface area (Å²) in [7, 11) is 0. The molecule has 0 spiro atoms. The summed E-state index contributed by atoms with van der Waals surface area (Å²) in [6, 6.07) is 0.798. The van der Waals surface area contributed by atoms with E-state index in [1.807, 2.05) is 20.8 Å². The summed E-state index contributed by atoms with van der Waals surface area (Å²) >= 11 is 0. The van der Waals surface area contributed by atoms with E-state index in [0.717, 1.165) is 38.8 Å². The zero-order valence-corrected chi connectivity index (χ0v) is 27.5. The van der Waals surface area contributed by atoms with Gasteiger partial charge in [-0.1, -0.05) is 41.0 Å². The number of hydrogen-bond donors (Lipinski definition) is 4. The van der Waals surface area contributed by atoms with E-state index in [4.69, 9.17) is 10.5 Å². The number of fused-ring (bicyclic) bond motifs is 2. The Balaban J connectivity index is 0.00000235. The lowest BCUT2D eigenvalue weighted by molar-refractivity contribution is -0.137. The average Bonchev–Trinajstić information content (AvgIpc) is 3.60. The number of nitrogens with two attached hydrogens (primary N) is 1. The van der Waals surface area contributed by atoms with Gasteiger partial charge in [-0.15, -0.1) is 0 Å². The number of aryl methyl sites for hydroxylation is 1. The number of ether oxygens (including phenoxy) is 1. The zero-order valence-electron chi connectivity index (χ0n) is 27.5. The van der Waals surface area contributed by atoms with E-state index in [-0.39, 0.29) is 23.0 Å². The van der Waals surface area contributed by atoms with Crippen molar-refractivity contribution in [3.63, 3.8) is 0 Å². The number of nitrogen functional groups attached to an aromatic ring is 1. The molecule has 0 unspecified atom stereocenters. The molecule has 5 N–H and O–H groups in total. The van der Waals surface area contributed by atoms with Gasteiger partial charge < -0.3 is 26.4 Å². The molecule has 2 bridgehead atoms. The number of rotatable bonds is 13. The number of nitrogens with one attached hydrogen (secondary N) is 3. The van der Waals surface area contributed by atoms with Crippen LogP contribution in [-0.4, -0.2) is 53.8 Å². The van der Waals surface area contributed by atoms with Crippen LogP contribution in [0.15, 0.2) is 6.07 Å². The van der Waals surface area contributed by atoms with Crippen LogP contribution in [0.1, 0.15) is 77.1 Å². The lowest BCUT2D eigenvalue weighted by Gasteiger charge is -2.35. The van der Waals surface area contributed by atoms with Crippen molar-refractivity contribution in [2.75, 3.05) is 49.2 Å². The standard InChI is InChI=1S/C31H40F5N7O.C2H6/c1-5-6-21-22-27(25(33)26(41-21)19-11-20(37)24(32)17(4)23(19)31(34,35)36)42-29(40-14-30-12-18(13-30)44-15-30)43-28(22)39-10-9-38-8-7-16(2)3;1-2/h11,16,18,38H,5-10,12-15,37H2,1-4H3,(H2,39,40,42,43);1-2H3. The minimum Gasteiger partial charge on any atom is -0.396 e. The van der Waals surface area contributed by atoms with Crippen LogP contribution < -0.4 is 21.7 Å². The molecule has 254 valence electrons. The number of benzene rings is 1. The summed E-state index contributed by atoms with van der Waals surface area (Å²) in [6.07, 6.45) is -0.997. The van der Waals surface area contributed by atoms with Crippen molar-refractivity contribution in [2.45, 2.75) is 85.9 Å². The highest BCUT2D eigenvalue weighted by atomic mass is 19.4. The Morgan fingerprint density at radius 1 is 1.04 bits per heavy atom. The topological polar surface area (TPSA) is 110 Å². The van der Waals surface area contributed by atoms with Gasteiger partial charge in [0.05, 0.1) is 35.0 Å². The van der Waals surface area contributed by atoms with Crippen molar-refractivity contribution < 1.29 is 26.7 Å². The quantitative estimate of drug-likeness (QED) is 0.0855. The minimum absolute atomic E-state index is 0.0446. The van der Waals surface area contributed by atoms with Crippen molar-refractivity contribution in [3.05, 3.63) is 34.5 Å². The van der Waals surface area contributed by atoms with E-state index >= 15 is 4.39 Å². The number of anilines is 3. The molecule has 2 aliphatic heterocycles. The number of aromatic nitrogens is 3. The maximum Gasteiger partial charge on any atom is 0.417 e. The molecule has 3 fully saturated rings. The van der Waals surface area contributed by atoms with E-state index in [1.54, 1.807) is 0 Å². The molecule has 3 aliphatic rings. The van der Waals surface area contributed by atoms with E-state index in [2.05, 4.69) is 44.7 Å². The first kappa shape index (κ1) is 35.5. The first-order chi connectivity index (χ1) is 21.8. The summed E-state index contributed by atoms with van der Waals surface area (Å²) in [4.78, 5) is 13.6. The van der Waals surface area contributed by atoms with Crippen LogP contribution in [0.2, 0.25) is 0 Å². The molecule has 0 radical (unpaired) electrons. The summed E-state index contributed by atoms with van der Waals surface area (Å²) < 4.78 is 79.6. The summed E-state index contributed by atoms with van der Waals surface area (Å²) in [5.74, 6) is -1.23. The Labute approximate surface area is 267 Å². The Hall–Kier alpha value is -3.32. The highest BCUT2D eigenvalue weighted by molar-refractivity contribution is 5.95. The molecule has 13 heteroatoms. The van der Waals surface area contributed by atoms with Crippen LogP contribution in [0, 0.1) is 29.9 Å². The molecule has 46 heavy (non-hydrogen) atoms. The van der Waals surface area contributed by atoms with Gasteiger partial charge in [-0.2, -0.15) is 18.2 Å². The third kappa shape index (κ3) is 7.46. The number of halogens is 5. The Morgan fingerprint density at radius 2 is 1.76 bits per heavy atom. The second-order valence-electron chi connectivity index (χ2n) is 12.5. The maximum atomic E-state index is 16.5. The Kier molecular flexibility index (Phi) is 11.3. The number of hydrogen-bond acceptors (Lipinski definition) is 8. The molecule has 8 nitrogen and oxygen atoms in total. The first-order valence-electron chi connectivity index (χ1n) is 16.2. The lowest BCUT2D eigenvalue weighted by Crippen LogP contribution is -2.39. The van der Waals surface area contributed by atoms with Gasteiger partial charge in [0.2, 0.25) is 5.95 Å². The lowest BCUT2D eigenvalue weighted by atomic mass is 9.70. The molecule has 1 aromatic carbocycles. The number of nitrogens with zero attached hydrogens (tertiary/aromatic N) is 3. The predicted molar refractivity (Wildman–Crippen MR) is 173 cm³/mol. The van der Waals surface area contributed by atoms with Gasteiger partial charge >= 0.3 is 6.18 Å². The second-order valence-corrected chi connectivity index (χ2v) is 12.5. The molecule has 2 saturated heterocycles.